The van der Waals surface area contributed by atoms with Crippen molar-refractivity contribution in [3.63, 3.8) is 0 Å². The molecular weight excluding hydrogens is 284 g/mol. The smallest absolute Gasteiger partial charge is 0.223 e. The largest absolute Gasteiger partial charge is 0.349 e. The van der Waals surface area contributed by atoms with Gasteiger partial charge in [-0.15, -0.1) is 0 Å². The number of carbonyl (C=O) groups excluding carboxylic acids is 1. The molecule has 1 aliphatic heterocycles. The van der Waals surface area contributed by atoms with Gasteiger partial charge >= 0.3 is 0 Å². The molecule has 0 bridgehead atoms. The summed E-state index contributed by atoms with van der Waals surface area (Å²) in [6.07, 6.45) is 5.54. The topological polar surface area (TPSA) is 41.1 Å². The van der Waals surface area contributed by atoms with Crippen molar-refractivity contribution < 1.29 is 4.79 Å². The normalized spacial score (nSPS) is 20.5. The molecule has 0 aromatic heterocycles. The molecule has 3 rings (SSSR count). The number of carbonyl (C=O) groups is 1. The monoisotopic (exact) mass is 314 g/mol. The summed E-state index contributed by atoms with van der Waals surface area (Å²) in [4.78, 5) is 12.6. The lowest BCUT2D eigenvalue weighted by Crippen LogP contribution is -2.40. The molecule has 0 radical (unpaired) electrons. The second-order valence-electron chi connectivity index (χ2n) is 7.69. The Morgan fingerprint density at radius 3 is 2.35 bits per heavy atom. The zero-order valence-corrected chi connectivity index (χ0v) is 14.5. The van der Waals surface area contributed by atoms with Crippen molar-refractivity contribution in [3.05, 3.63) is 35.4 Å². The quantitative estimate of drug-likeness (QED) is 0.844. The molecule has 23 heavy (non-hydrogen) atoms. The third-order valence-corrected chi connectivity index (χ3v) is 5.08. The minimum atomic E-state index is 0.192. The van der Waals surface area contributed by atoms with E-state index in [0.717, 1.165) is 32.4 Å². The van der Waals surface area contributed by atoms with E-state index < -0.39 is 0 Å². The molecule has 1 amide bonds. The highest BCUT2D eigenvalue weighted by molar-refractivity contribution is 5.79. The third kappa shape index (κ3) is 4.57. The highest BCUT2D eigenvalue weighted by atomic mass is 16.1. The van der Waals surface area contributed by atoms with Gasteiger partial charge in [0.25, 0.3) is 0 Å². The highest BCUT2D eigenvalue weighted by Gasteiger charge is 2.34. The van der Waals surface area contributed by atoms with Crippen LogP contribution < -0.4 is 10.6 Å². The fraction of sp³-hybridized carbons (Fsp3) is 0.650. The first kappa shape index (κ1) is 16.5. The second-order valence-corrected chi connectivity index (χ2v) is 7.69. The van der Waals surface area contributed by atoms with Crippen LogP contribution in [0.5, 0.6) is 0 Å². The van der Waals surface area contributed by atoms with Crippen LogP contribution in [0.25, 0.3) is 0 Å². The number of benzene rings is 1. The predicted octanol–water partition coefficient (Wildman–Crippen LogP) is 3.45. The molecule has 126 valence electrons. The van der Waals surface area contributed by atoms with Crippen LogP contribution >= 0.6 is 0 Å². The van der Waals surface area contributed by atoms with Crippen LogP contribution in [-0.4, -0.2) is 19.0 Å². The van der Waals surface area contributed by atoms with Gasteiger partial charge in [0.2, 0.25) is 5.91 Å². The van der Waals surface area contributed by atoms with E-state index in [-0.39, 0.29) is 17.9 Å². The Bertz CT molecular complexity index is 513. The second kappa shape index (κ2) is 7.48. The van der Waals surface area contributed by atoms with Crippen LogP contribution in [0.15, 0.2) is 24.3 Å². The van der Waals surface area contributed by atoms with Crippen LogP contribution in [0, 0.1) is 17.8 Å². The van der Waals surface area contributed by atoms with Gasteiger partial charge in [-0.3, -0.25) is 4.79 Å². The van der Waals surface area contributed by atoms with Crippen molar-refractivity contribution in [3.8, 4) is 0 Å². The molecule has 1 saturated heterocycles. The molecule has 2 N–H and O–H groups in total. The van der Waals surface area contributed by atoms with Crippen LogP contribution in [0.1, 0.15) is 56.7 Å². The van der Waals surface area contributed by atoms with Crippen molar-refractivity contribution in [2.24, 2.45) is 17.8 Å². The van der Waals surface area contributed by atoms with Crippen molar-refractivity contribution in [2.45, 2.75) is 52.0 Å². The SMILES string of the molecule is CC(C)Cc1ccc(C(NC(=O)C2CCNCC2)C2CC2)cc1. The molecule has 3 heteroatoms. The fourth-order valence-corrected chi connectivity index (χ4v) is 3.59. The van der Waals surface area contributed by atoms with E-state index in [2.05, 4.69) is 48.7 Å². The minimum Gasteiger partial charge on any atom is -0.349 e. The average Bonchev–Trinajstić information content (AvgIpc) is 3.38. The van der Waals surface area contributed by atoms with Gasteiger partial charge in [0.05, 0.1) is 6.04 Å². The summed E-state index contributed by atoms with van der Waals surface area (Å²) in [5.41, 5.74) is 2.67. The molecule has 3 nitrogen and oxygen atoms in total. The third-order valence-electron chi connectivity index (χ3n) is 5.08. The van der Waals surface area contributed by atoms with Crippen molar-refractivity contribution in [1.29, 1.82) is 0 Å². The highest BCUT2D eigenvalue weighted by Crippen LogP contribution is 2.41. The lowest BCUT2D eigenvalue weighted by molar-refractivity contribution is -0.126. The van der Waals surface area contributed by atoms with E-state index >= 15 is 0 Å². The summed E-state index contributed by atoms with van der Waals surface area (Å²) in [7, 11) is 0. The molecule has 1 saturated carbocycles. The Balaban J connectivity index is 1.65. The average molecular weight is 314 g/mol. The molecule has 1 atom stereocenters. The Labute approximate surface area is 140 Å². The summed E-state index contributed by atoms with van der Waals surface area (Å²) in [6, 6.07) is 9.14. The van der Waals surface area contributed by atoms with Gasteiger partial charge in [0.15, 0.2) is 0 Å². The standard InChI is InChI=1S/C20H30N2O/c1-14(2)13-15-3-5-16(6-4-15)19(17-7-8-17)22-20(23)18-9-11-21-12-10-18/h3-6,14,17-19,21H,7-13H2,1-2H3,(H,22,23). The summed E-state index contributed by atoms with van der Waals surface area (Å²) in [6.45, 7) is 6.44. The molecule has 2 fully saturated rings. The number of piperidine rings is 1. The van der Waals surface area contributed by atoms with E-state index in [0.29, 0.717) is 11.8 Å². The number of rotatable bonds is 6. The maximum atomic E-state index is 12.6. The number of hydrogen-bond donors (Lipinski definition) is 2. The van der Waals surface area contributed by atoms with Gasteiger partial charge in [-0.2, -0.15) is 0 Å². The molecule has 1 heterocycles. The number of hydrogen-bond acceptors (Lipinski definition) is 2. The molecule has 1 aromatic rings. The van der Waals surface area contributed by atoms with Crippen LogP contribution in [0.2, 0.25) is 0 Å². The first-order valence-electron chi connectivity index (χ1n) is 9.23. The lowest BCUT2D eigenvalue weighted by atomic mass is 9.94. The van der Waals surface area contributed by atoms with Crippen LogP contribution in [0.3, 0.4) is 0 Å². The lowest BCUT2D eigenvalue weighted by Gasteiger charge is -2.26. The van der Waals surface area contributed by atoms with Gasteiger partial charge < -0.3 is 10.6 Å². The maximum absolute atomic E-state index is 12.6. The van der Waals surface area contributed by atoms with Crippen LogP contribution in [-0.2, 0) is 11.2 Å². The molecule has 1 unspecified atom stereocenters. The fourth-order valence-electron chi connectivity index (χ4n) is 3.59. The summed E-state index contributed by atoms with van der Waals surface area (Å²) >= 11 is 0. The molecule has 0 spiro atoms. The Morgan fingerprint density at radius 2 is 1.78 bits per heavy atom. The number of amides is 1. The molecular formula is C20H30N2O. The van der Waals surface area contributed by atoms with E-state index in [9.17, 15) is 4.79 Å². The summed E-state index contributed by atoms with van der Waals surface area (Å²) in [5, 5.41) is 6.69. The van der Waals surface area contributed by atoms with Gasteiger partial charge in [-0.1, -0.05) is 38.1 Å². The zero-order valence-electron chi connectivity index (χ0n) is 14.5. The Hall–Kier alpha value is -1.35. The number of nitrogens with one attached hydrogen (secondary N) is 2. The van der Waals surface area contributed by atoms with Crippen molar-refractivity contribution >= 4 is 5.91 Å². The van der Waals surface area contributed by atoms with E-state index in [4.69, 9.17) is 0 Å². The van der Waals surface area contributed by atoms with Crippen molar-refractivity contribution in [2.75, 3.05) is 13.1 Å². The van der Waals surface area contributed by atoms with E-state index in [1.54, 1.807) is 0 Å². The van der Waals surface area contributed by atoms with Gasteiger partial charge in [-0.05, 0) is 68.2 Å². The summed E-state index contributed by atoms with van der Waals surface area (Å²) in [5.74, 6) is 1.77. The minimum absolute atomic E-state index is 0.192. The first-order chi connectivity index (χ1) is 11.1. The molecule has 1 aliphatic carbocycles. The van der Waals surface area contributed by atoms with Crippen LogP contribution in [0.4, 0.5) is 0 Å². The van der Waals surface area contributed by atoms with Gasteiger partial charge in [-0.25, -0.2) is 0 Å². The van der Waals surface area contributed by atoms with Gasteiger partial charge in [0.1, 0.15) is 0 Å². The Kier molecular flexibility index (Phi) is 5.37. The van der Waals surface area contributed by atoms with E-state index in [1.165, 1.54) is 24.0 Å². The van der Waals surface area contributed by atoms with Gasteiger partial charge in [0, 0.05) is 5.92 Å². The Morgan fingerprint density at radius 1 is 1.13 bits per heavy atom. The maximum Gasteiger partial charge on any atom is 0.223 e. The first-order valence-corrected chi connectivity index (χ1v) is 9.23. The summed E-state index contributed by atoms with van der Waals surface area (Å²) < 4.78 is 0. The zero-order chi connectivity index (χ0) is 16.2. The molecule has 2 aliphatic rings. The van der Waals surface area contributed by atoms with Crippen molar-refractivity contribution in [1.82, 2.24) is 10.6 Å². The predicted molar refractivity (Wildman–Crippen MR) is 94.2 cm³/mol. The van der Waals surface area contributed by atoms with E-state index in [1.807, 2.05) is 0 Å². The molecule has 1 aromatic carbocycles.